The molecule has 0 aromatic carbocycles. The van der Waals surface area contributed by atoms with Gasteiger partial charge in [-0.1, -0.05) is 6.07 Å². The average molecular weight is 382 g/mol. The fraction of sp³-hybridized carbons (Fsp3) is 0.429. The lowest BCUT2D eigenvalue weighted by molar-refractivity contribution is -0.121. The lowest BCUT2D eigenvalue weighted by Gasteiger charge is -2.31. The van der Waals surface area contributed by atoms with Crippen LogP contribution in [0.15, 0.2) is 18.2 Å². The summed E-state index contributed by atoms with van der Waals surface area (Å²) in [7, 11) is 0. The summed E-state index contributed by atoms with van der Waals surface area (Å²) < 4.78 is 0. The third-order valence-electron chi connectivity index (χ3n) is 5.30. The van der Waals surface area contributed by atoms with Crippen molar-refractivity contribution >= 4 is 23.4 Å². The lowest BCUT2D eigenvalue weighted by atomic mass is 9.95. The van der Waals surface area contributed by atoms with Gasteiger partial charge in [-0.25, -0.2) is 4.98 Å². The highest BCUT2D eigenvalue weighted by atomic mass is 16.2. The van der Waals surface area contributed by atoms with Crippen molar-refractivity contribution in [3.8, 4) is 0 Å². The van der Waals surface area contributed by atoms with Crippen molar-refractivity contribution in [2.75, 3.05) is 18.4 Å². The summed E-state index contributed by atoms with van der Waals surface area (Å²) in [5.74, 6) is 0.178. The van der Waals surface area contributed by atoms with Crippen LogP contribution >= 0.6 is 0 Å². The Balaban J connectivity index is 1.62. The molecule has 1 aliphatic rings. The van der Waals surface area contributed by atoms with Gasteiger partial charge < -0.3 is 15.2 Å². The minimum atomic E-state index is -0.148. The molecule has 2 amide bonds. The van der Waals surface area contributed by atoms with Crippen LogP contribution in [0.5, 0.6) is 0 Å². The standard InChI is InChI=1S/C21H26N4O3/c1-12-6-5-7-17(22-12)24-20(27)16-8-10-25(11-9-16)21(28)19-13(2)18(15(4)26)14(3)23-19/h5-7,16,23H,8-11H2,1-4H3,(H,22,24,27). The summed E-state index contributed by atoms with van der Waals surface area (Å²) in [6.07, 6.45) is 1.20. The molecule has 2 aromatic heterocycles. The van der Waals surface area contributed by atoms with Gasteiger partial charge in [-0.3, -0.25) is 14.4 Å². The molecular weight excluding hydrogens is 356 g/mol. The number of hydrogen-bond acceptors (Lipinski definition) is 4. The number of ketones is 1. The Morgan fingerprint density at radius 1 is 1.14 bits per heavy atom. The molecule has 0 saturated carbocycles. The van der Waals surface area contributed by atoms with E-state index in [0.29, 0.717) is 54.3 Å². The number of aromatic nitrogens is 2. The summed E-state index contributed by atoms with van der Waals surface area (Å²) in [6.45, 7) is 7.99. The zero-order valence-corrected chi connectivity index (χ0v) is 16.8. The van der Waals surface area contributed by atoms with Crippen molar-refractivity contribution in [1.29, 1.82) is 0 Å². The summed E-state index contributed by atoms with van der Waals surface area (Å²) in [4.78, 5) is 46.3. The largest absolute Gasteiger partial charge is 0.354 e. The van der Waals surface area contributed by atoms with Gasteiger partial charge in [-0.05, 0) is 58.2 Å². The fourth-order valence-corrected chi connectivity index (χ4v) is 3.84. The van der Waals surface area contributed by atoms with Gasteiger partial charge >= 0.3 is 0 Å². The minimum Gasteiger partial charge on any atom is -0.354 e. The van der Waals surface area contributed by atoms with E-state index in [1.165, 1.54) is 6.92 Å². The van der Waals surface area contributed by atoms with E-state index in [2.05, 4.69) is 15.3 Å². The first-order valence-electron chi connectivity index (χ1n) is 9.51. The monoisotopic (exact) mass is 382 g/mol. The van der Waals surface area contributed by atoms with Crippen molar-refractivity contribution in [2.45, 2.75) is 40.5 Å². The molecule has 1 saturated heterocycles. The van der Waals surface area contributed by atoms with E-state index in [0.717, 1.165) is 5.69 Å². The number of anilines is 1. The molecule has 1 fully saturated rings. The van der Waals surface area contributed by atoms with Crippen LogP contribution in [0, 0.1) is 26.7 Å². The zero-order valence-electron chi connectivity index (χ0n) is 16.8. The van der Waals surface area contributed by atoms with E-state index in [4.69, 9.17) is 0 Å². The Kier molecular flexibility index (Phi) is 5.63. The molecule has 2 N–H and O–H groups in total. The first-order chi connectivity index (χ1) is 13.3. The molecule has 7 heteroatoms. The molecule has 0 spiro atoms. The van der Waals surface area contributed by atoms with Gasteiger partial charge in [-0.2, -0.15) is 0 Å². The van der Waals surface area contributed by atoms with Gasteiger partial charge in [0.15, 0.2) is 5.78 Å². The number of nitrogens with one attached hydrogen (secondary N) is 2. The van der Waals surface area contributed by atoms with E-state index in [1.807, 2.05) is 19.1 Å². The SMILES string of the molecule is CC(=O)c1c(C)[nH]c(C(=O)N2CCC(C(=O)Nc3cccc(C)n3)CC2)c1C. The number of aryl methyl sites for hydroxylation is 2. The molecule has 0 bridgehead atoms. The Morgan fingerprint density at radius 3 is 2.39 bits per heavy atom. The van der Waals surface area contributed by atoms with Crippen LogP contribution in [0.2, 0.25) is 0 Å². The lowest BCUT2D eigenvalue weighted by Crippen LogP contribution is -2.41. The van der Waals surface area contributed by atoms with Crippen LogP contribution in [-0.2, 0) is 4.79 Å². The van der Waals surface area contributed by atoms with Crippen molar-refractivity contribution in [3.63, 3.8) is 0 Å². The van der Waals surface area contributed by atoms with E-state index in [-0.39, 0.29) is 23.5 Å². The number of carbonyl (C=O) groups is 3. The van der Waals surface area contributed by atoms with Gasteiger partial charge in [0.05, 0.1) is 0 Å². The Bertz CT molecular complexity index is 924. The minimum absolute atomic E-state index is 0.0505. The highest BCUT2D eigenvalue weighted by molar-refractivity contribution is 6.02. The van der Waals surface area contributed by atoms with E-state index < -0.39 is 0 Å². The number of amides is 2. The Hall–Kier alpha value is -2.96. The van der Waals surface area contributed by atoms with Gasteiger partial charge in [-0.15, -0.1) is 0 Å². The number of likely N-dealkylation sites (tertiary alicyclic amines) is 1. The van der Waals surface area contributed by atoms with Gasteiger partial charge in [0.25, 0.3) is 5.91 Å². The molecule has 2 aromatic rings. The highest BCUT2D eigenvalue weighted by Gasteiger charge is 2.30. The van der Waals surface area contributed by atoms with Crippen LogP contribution < -0.4 is 5.32 Å². The quantitative estimate of drug-likeness (QED) is 0.795. The van der Waals surface area contributed by atoms with Crippen LogP contribution in [-0.4, -0.2) is 45.6 Å². The van der Waals surface area contributed by atoms with Crippen LogP contribution in [0.1, 0.15) is 57.6 Å². The number of Topliss-reactive ketones (excluding diaryl/α,β-unsaturated/α-hetero) is 1. The molecule has 3 heterocycles. The van der Waals surface area contributed by atoms with E-state index in [9.17, 15) is 14.4 Å². The average Bonchev–Trinajstić information content (AvgIpc) is 2.95. The first-order valence-corrected chi connectivity index (χ1v) is 9.51. The number of aromatic amines is 1. The Morgan fingerprint density at radius 2 is 1.82 bits per heavy atom. The molecule has 0 unspecified atom stereocenters. The number of H-pyrrole nitrogens is 1. The van der Waals surface area contributed by atoms with Gasteiger partial charge in [0.2, 0.25) is 5.91 Å². The first kappa shape index (κ1) is 19.8. The predicted molar refractivity (Wildman–Crippen MR) is 107 cm³/mol. The van der Waals surface area contributed by atoms with Crippen molar-refractivity contribution in [2.24, 2.45) is 5.92 Å². The second kappa shape index (κ2) is 7.96. The second-order valence-corrected chi connectivity index (χ2v) is 7.40. The van der Waals surface area contributed by atoms with Crippen molar-refractivity contribution < 1.29 is 14.4 Å². The smallest absolute Gasteiger partial charge is 0.270 e. The third kappa shape index (κ3) is 3.98. The Labute approximate surface area is 164 Å². The number of piperidine rings is 1. The van der Waals surface area contributed by atoms with Gasteiger partial charge in [0, 0.05) is 36.0 Å². The summed E-state index contributed by atoms with van der Waals surface area (Å²) in [5.41, 5.74) is 3.31. The number of rotatable bonds is 4. The highest BCUT2D eigenvalue weighted by Crippen LogP contribution is 2.24. The van der Waals surface area contributed by atoms with E-state index >= 15 is 0 Å². The third-order valence-corrected chi connectivity index (χ3v) is 5.30. The maximum atomic E-state index is 12.9. The predicted octanol–water partition coefficient (Wildman–Crippen LogP) is 3.03. The maximum Gasteiger partial charge on any atom is 0.270 e. The van der Waals surface area contributed by atoms with Gasteiger partial charge in [0.1, 0.15) is 11.5 Å². The number of hydrogen-bond donors (Lipinski definition) is 2. The molecule has 28 heavy (non-hydrogen) atoms. The number of carbonyl (C=O) groups excluding carboxylic acids is 3. The van der Waals surface area contributed by atoms with Crippen LogP contribution in [0.4, 0.5) is 5.82 Å². The molecule has 1 aliphatic heterocycles. The zero-order chi connectivity index (χ0) is 20.4. The molecule has 0 aliphatic carbocycles. The molecule has 3 rings (SSSR count). The summed E-state index contributed by atoms with van der Waals surface area (Å²) >= 11 is 0. The number of pyridine rings is 1. The number of nitrogens with zero attached hydrogens (tertiary/aromatic N) is 2. The summed E-state index contributed by atoms with van der Waals surface area (Å²) in [5, 5.41) is 2.86. The molecular formula is C21H26N4O3. The second-order valence-electron chi connectivity index (χ2n) is 7.40. The summed E-state index contributed by atoms with van der Waals surface area (Å²) in [6, 6.07) is 5.50. The van der Waals surface area contributed by atoms with Crippen LogP contribution in [0.25, 0.3) is 0 Å². The molecule has 7 nitrogen and oxygen atoms in total. The van der Waals surface area contributed by atoms with Crippen molar-refractivity contribution in [1.82, 2.24) is 14.9 Å². The maximum absolute atomic E-state index is 12.9. The van der Waals surface area contributed by atoms with E-state index in [1.54, 1.807) is 24.8 Å². The fourth-order valence-electron chi connectivity index (χ4n) is 3.84. The van der Waals surface area contributed by atoms with Crippen LogP contribution in [0.3, 0.4) is 0 Å². The molecule has 0 radical (unpaired) electrons. The normalized spacial score (nSPS) is 14.8. The topological polar surface area (TPSA) is 95.2 Å². The van der Waals surface area contributed by atoms with Crippen molar-refractivity contribution in [3.05, 3.63) is 46.4 Å². The molecule has 148 valence electrons. The molecule has 0 atom stereocenters.